The first-order valence-electron chi connectivity index (χ1n) is 8.86. The summed E-state index contributed by atoms with van der Waals surface area (Å²) < 4.78 is 42.2. The molecule has 27 heavy (non-hydrogen) atoms. The van der Waals surface area contributed by atoms with Crippen LogP contribution in [0.2, 0.25) is 0 Å². The van der Waals surface area contributed by atoms with Gasteiger partial charge in [0.05, 0.1) is 16.1 Å². The maximum absolute atomic E-state index is 12.0. The molecular formula is C20H25BO5S. The molecule has 0 N–H and O–H groups in total. The summed E-state index contributed by atoms with van der Waals surface area (Å²) in [7, 11) is -3.99. The largest absolute Gasteiger partial charge is 0.498 e. The van der Waals surface area contributed by atoms with Crippen molar-refractivity contribution in [2.45, 2.75) is 50.4 Å². The summed E-state index contributed by atoms with van der Waals surface area (Å²) in [5.41, 5.74) is 0.674. The van der Waals surface area contributed by atoms with E-state index in [1.165, 1.54) is 6.26 Å². The van der Waals surface area contributed by atoms with Gasteiger partial charge in [-0.2, -0.15) is 0 Å². The van der Waals surface area contributed by atoms with Crippen molar-refractivity contribution in [3.05, 3.63) is 54.1 Å². The van der Waals surface area contributed by atoms with Gasteiger partial charge in [-0.15, -0.1) is 0 Å². The van der Waals surface area contributed by atoms with Crippen LogP contribution in [0.4, 0.5) is 0 Å². The maximum Gasteiger partial charge on any atom is 0.498 e. The minimum absolute atomic E-state index is 0.200. The van der Waals surface area contributed by atoms with Crippen LogP contribution in [0.5, 0.6) is 5.75 Å². The topological polar surface area (TPSA) is 61.8 Å². The molecular weight excluding hydrogens is 363 g/mol. The number of ether oxygens (including phenoxy) is 1. The van der Waals surface area contributed by atoms with Crippen LogP contribution in [-0.4, -0.2) is 33.0 Å². The molecule has 1 saturated heterocycles. The van der Waals surface area contributed by atoms with Gasteiger partial charge in [-0.05, 0) is 45.4 Å². The lowest BCUT2D eigenvalue weighted by Gasteiger charge is -2.32. The van der Waals surface area contributed by atoms with Gasteiger partial charge >= 0.3 is 7.12 Å². The molecule has 1 aliphatic rings. The molecule has 0 aliphatic carbocycles. The molecule has 2 aromatic rings. The van der Waals surface area contributed by atoms with Gasteiger partial charge in [-0.1, -0.05) is 36.4 Å². The molecule has 5 nitrogen and oxygen atoms in total. The molecule has 0 bridgehead atoms. The third-order valence-corrected chi connectivity index (χ3v) is 6.27. The Morgan fingerprint density at radius 2 is 1.56 bits per heavy atom. The quantitative estimate of drug-likeness (QED) is 0.737. The summed E-state index contributed by atoms with van der Waals surface area (Å²) >= 11 is 0. The molecule has 144 valence electrons. The second-order valence-corrected chi connectivity index (χ2v) is 9.85. The van der Waals surface area contributed by atoms with Crippen molar-refractivity contribution >= 4 is 22.4 Å². The Balaban J connectivity index is 1.95. The smallest absolute Gasteiger partial charge is 0.489 e. The third-order valence-electron chi connectivity index (χ3n) is 5.16. The van der Waals surface area contributed by atoms with E-state index >= 15 is 0 Å². The van der Waals surface area contributed by atoms with Crippen LogP contribution in [0, 0.1) is 0 Å². The van der Waals surface area contributed by atoms with Crippen LogP contribution in [0.25, 0.3) is 0 Å². The van der Waals surface area contributed by atoms with Crippen LogP contribution in [-0.2, 0) is 25.8 Å². The normalized spacial score (nSPS) is 18.5. The molecule has 1 aliphatic heterocycles. The second kappa shape index (κ2) is 6.97. The van der Waals surface area contributed by atoms with E-state index in [1.54, 1.807) is 18.2 Å². The van der Waals surface area contributed by atoms with E-state index in [-0.39, 0.29) is 4.90 Å². The van der Waals surface area contributed by atoms with Crippen molar-refractivity contribution < 1.29 is 22.5 Å². The fourth-order valence-electron chi connectivity index (χ4n) is 2.77. The van der Waals surface area contributed by atoms with Gasteiger partial charge in [-0.25, -0.2) is 8.42 Å². The maximum atomic E-state index is 12.0. The molecule has 0 aromatic heterocycles. The molecule has 0 saturated carbocycles. The summed E-state index contributed by atoms with van der Waals surface area (Å²) in [6.07, 6.45) is 1.18. The van der Waals surface area contributed by atoms with Crippen LogP contribution in [0.3, 0.4) is 0 Å². The molecule has 0 amide bonds. The zero-order chi connectivity index (χ0) is 19.9. The molecule has 1 fully saturated rings. The van der Waals surface area contributed by atoms with Gasteiger partial charge in [-0.3, -0.25) is 0 Å². The van der Waals surface area contributed by atoms with Gasteiger partial charge in [0.2, 0.25) is 0 Å². The Bertz CT molecular complexity index is 907. The summed E-state index contributed by atoms with van der Waals surface area (Å²) in [5, 5.41) is 0. The minimum atomic E-state index is -3.36. The molecule has 0 unspecified atom stereocenters. The van der Waals surface area contributed by atoms with Gasteiger partial charge < -0.3 is 14.0 Å². The molecule has 0 radical (unpaired) electrons. The SMILES string of the molecule is CC1(C)OB(c2ccc(S(C)(=O)=O)cc2OCc2ccccc2)OC1(C)C. The Morgan fingerprint density at radius 3 is 2.11 bits per heavy atom. The predicted octanol–water partition coefficient (Wildman–Crippen LogP) is 2.97. The van der Waals surface area contributed by atoms with E-state index in [0.717, 1.165) is 5.56 Å². The van der Waals surface area contributed by atoms with E-state index in [2.05, 4.69) is 0 Å². The number of hydrogen-bond donors (Lipinski definition) is 0. The minimum Gasteiger partial charge on any atom is -0.489 e. The molecule has 7 heteroatoms. The average Bonchev–Trinajstić information content (AvgIpc) is 2.80. The number of sulfone groups is 1. The molecule has 0 spiro atoms. The van der Waals surface area contributed by atoms with Gasteiger partial charge in [0.15, 0.2) is 9.84 Å². The van der Waals surface area contributed by atoms with Crippen molar-refractivity contribution in [1.82, 2.24) is 0 Å². The second-order valence-electron chi connectivity index (χ2n) is 7.83. The lowest BCUT2D eigenvalue weighted by atomic mass is 9.78. The Morgan fingerprint density at radius 1 is 0.963 bits per heavy atom. The Hall–Kier alpha value is -1.83. The van der Waals surface area contributed by atoms with E-state index in [1.807, 2.05) is 58.0 Å². The molecule has 3 rings (SSSR count). The van der Waals surface area contributed by atoms with Gasteiger partial charge in [0.25, 0.3) is 0 Å². The first kappa shape index (κ1) is 19.9. The summed E-state index contributed by atoms with van der Waals surface area (Å²) in [6.45, 7) is 8.22. The van der Waals surface area contributed by atoms with Crippen LogP contribution in [0.15, 0.2) is 53.4 Å². The number of rotatable bonds is 5. The Kier molecular flexibility index (Phi) is 5.14. The lowest BCUT2D eigenvalue weighted by Crippen LogP contribution is -2.41. The molecule has 0 atom stereocenters. The summed E-state index contributed by atoms with van der Waals surface area (Å²) in [4.78, 5) is 0.200. The zero-order valence-corrected chi connectivity index (χ0v) is 17.2. The molecule has 1 heterocycles. The van der Waals surface area contributed by atoms with E-state index < -0.39 is 28.2 Å². The highest BCUT2D eigenvalue weighted by Gasteiger charge is 2.52. The highest BCUT2D eigenvalue weighted by molar-refractivity contribution is 7.90. The van der Waals surface area contributed by atoms with Crippen LogP contribution >= 0.6 is 0 Å². The zero-order valence-electron chi connectivity index (χ0n) is 16.4. The number of benzene rings is 2. The van der Waals surface area contributed by atoms with Crippen molar-refractivity contribution in [2.75, 3.05) is 6.26 Å². The third kappa shape index (κ3) is 4.20. The highest BCUT2D eigenvalue weighted by Crippen LogP contribution is 2.37. The van der Waals surface area contributed by atoms with Crippen molar-refractivity contribution in [3.8, 4) is 5.75 Å². The first-order chi connectivity index (χ1) is 12.5. The highest BCUT2D eigenvalue weighted by atomic mass is 32.2. The monoisotopic (exact) mass is 388 g/mol. The lowest BCUT2D eigenvalue weighted by molar-refractivity contribution is 0.00578. The fourth-order valence-corrected chi connectivity index (χ4v) is 3.41. The van der Waals surface area contributed by atoms with Crippen molar-refractivity contribution in [2.24, 2.45) is 0 Å². The predicted molar refractivity (Wildman–Crippen MR) is 106 cm³/mol. The van der Waals surface area contributed by atoms with Crippen LogP contribution in [0.1, 0.15) is 33.3 Å². The van der Waals surface area contributed by atoms with Gasteiger partial charge in [0.1, 0.15) is 12.4 Å². The van der Waals surface area contributed by atoms with E-state index in [9.17, 15) is 8.42 Å². The van der Waals surface area contributed by atoms with Crippen molar-refractivity contribution in [3.63, 3.8) is 0 Å². The fraction of sp³-hybridized carbons (Fsp3) is 0.400. The van der Waals surface area contributed by atoms with E-state index in [0.29, 0.717) is 17.8 Å². The van der Waals surface area contributed by atoms with Gasteiger partial charge in [0, 0.05) is 11.7 Å². The molecule has 2 aromatic carbocycles. The van der Waals surface area contributed by atoms with Crippen molar-refractivity contribution in [1.29, 1.82) is 0 Å². The summed E-state index contributed by atoms with van der Waals surface area (Å²) in [6, 6.07) is 14.5. The Labute approximate surface area is 161 Å². The number of hydrogen-bond acceptors (Lipinski definition) is 5. The average molecular weight is 388 g/mol. The van der Waals surface area contributed by atoms with Crippen LogP contribution < -0.4 is 10.2 Å². The first-order valence-corrected chi connectivity index (χ1v) is 10.8. The standard InChI is InChI=1S/C20H25BO5S/c1-19(2)20(3,4)26-21(25-19)17-12-11-16(27(5,22)23)13-18(17)24-14-15-9-7-6-8-10-15/h6-13H,14H2,1-5H3. The van der Waals surface area contributed by atoms with E-state index in [4.69, 9.17) is 14.0 Å². The summed E-state index contributed by atoms with van der Waals surface area (Å²) in [5.74, 6) is 0.445.